The molecule has 0 aromatic carbocycles. The highest BCUT2D eigenvalue weighted by Crippen LogP contribution is 1.94. The molecule has 0 aliphatic carbocycles. The topological polar surface area (TPSA) is 20.2 Å². The fraction of sp³-hybridized carbons (Fsp3) is 0.667. The number of rotatable bonds is 3. The average molecular weight is 100 g/mol. The Labute approximate surface area is 44.7 Å². The van der Waals surface area contributed by atoms with Crippen LogP contribution >= 0.6 is 0 Å². The van der Waals surface area contributed by atoms with E-state index in [1.807, 2.05) is 6.92 Å². The van der Waals surface area contributed by atoms with Crippen molar-refractivity contribution in [2.24, 2.45) is 0 Å². The van der Waals surface area contributed by atoms with E-state index in [0.29, 0.717) is 0 Å². The first-order valence-corrected chi connectivity index (χ1v) is 2.60. The van der Waals surface area contributed by atoms with Gasteiger partial charge < -0.3 is 5.11 Å². The molecule has 1 heteroatoms. The molecule has 7 heavy (non-hydrogen) atoms. The van der Waals surface area contributed by atoms with Crippen LogP contribution in [0.4, 0.5) is 0 Å². The lowest BCUT2D eigenvalue weighted by atomic mass is 10.2. The first-order valence-electron chi connectivity index (χ1n) is 2.60. The Bertz CT molecular complexity index is 50.1. The van der Waals surface area contributed by atoms with E-state index in [1.54, 1.807) is 6.08 Å². The third-order valence-electron chi connectivity index (χ3n) is 0.910. The second-order valence-corrected chi connectivity index (χ2v) is 1.59. The van der Waals surface area contributed by atoms with Gasteiger partial charge in [0.25, 0.3) is 0 Å². The number of hydrogen-bond donors (Lipinski definition) is 1. The van der Waals surface area contributed by atoms with E-state index in [2.05, 4.69) is 6.58 Å². The van der Waals surface area contributed by atoms with Crippen molar-refractivity contribution in [2.45, 2.75) is 25.9 Å². The second-order valence-electron chi connectivity index (χ2n) is 1.59. The van der Waals surface area contributed by atoms with Crippen LogP contribution in [0.1, 0.15) is 19.8 Å². The molecule has 0 aromatic heterocycles. The molecule has 0 rings (SSSR count). The zero-order valence-electron chi connectivity index (χ0n) is 4.72. The highest BCUT2D eigenvalue weighted by molar-refractivity contribution is 4.70. The molecule has 1 unspecified atom stereocenters. The minimum atomic E-state index is -0.169. The van der Waals surface area contributed by atoms with Crippen molar-refractivity contribution in [3.8, 4) is 0 Å². The molecule has 0 aliphatic heterocycles. The van der Waals surface area contributed by atoms with E-state index < -0.39 is 0 Å². The van der Waals surface area contributed by atoms with E-state index in [4.69, 9.17) is 5.11 Å². The van der Waals surface area contributed by atoms with Gasteiger partial charge in [0.1, 0.15) is 0 Å². The summed E-state index contributed by atoms with van der Waals surface area (Å²) in [4.78, 5) is 0. The van der Waals surface area contributed by atoms with Gasteiger partial charge in [0.05, 0.1) is 6.10 Å². The van der Waals surface area contributed by atoms with Crippen LogP contribution in [0.15, 0.2) is 12.7 Å². The van der Waals surface area contributed by atoms with Crippen molar-refractivity contribution >= 4 is 0 Å². The standard InChI is InChI=1S/C6H12O/c1-3-5-6(7)4-2/h3,6-7H,1,4-5H2,2H3. The van der Waals surface area contributed by atoms with Crippen LogP contribution in [0.5, 0.6) is 0 Å². The van der Waals surface area contributed by atoms with Crippen molar-refractivity contribution in [3.05, 3.63) is 12.7 Å². The summed E-state index contributed by atoms with van der Waals surface area (Å²) in [7, 11) is 0. The van der Waals surface area contributed by atoms with E-state index in [0.717, 1.165) is 12.8 Å². The average Bonchev–Trinajstić information content (AvgIpc) is 1.68. The molecule has 0 heterocycles. The monoisotopic (exact) mass is 100 g/mol. The molecule has 0 aromatic rings. The smallest absolute Gasteiger partial charge is 0.0571 e. The highest BCUT2D eigenvalue weighted by atomic mass is 16.3. The van der Waals surface area contributed by atoms with E-state index in [9.17, 15) is 0 Å². The van der Waals surface area contributed by atoms with Crippen LogP contribution in [-0.2, 0) is 0 Å². The van der Waals surface area contributed by atoms with Gasteiger partial charge in [-0.3, -0.25) is 0 Å². The van der Waals surface area contributed by atoms with Gasteiger partial charge in [-0.05, 0) is 12.8 Å². The molecule has 1 N–H and O–H groups in total. The molecule has 0 saturated heterocycles. The van der Waals surface area contributed by atoms with Crippen molar-refractivity contribution in [3.63, 3.8) is 0 Å². The lowest BCUT2D eigenvalue weighted by Crippen LogP contribution is -2.00. The first kappa shape index (κ1) is 6.70. The molecule has 0 amide bonds. The summed E-state index contributed by atoms with van der Waals surface area (Å²) in [5.74, 6) is 0. The molecule has 1 nitrogen and oxygen atoms in total. The maximum atomic E-state index is 8.79. The first-order chi connectivity index (χ1) is 3.31. The van der Waals surface area contributed by atoms with Crippen LogP contribution in [0.2, 0.25) is 0 Å². The van der Waals surface area contributed by atoms with Crippen LogP contribution in [-0.4, -0.2) is 11.2 Å². The Morgan fingerprint density at radius 2 is 2.43 bits per heavy atom. The van der Waals surface area contributed by atoms with Gasteiger partial charge in [-0.1, -0.05) is 13.0 Å². The third kappa shape index (κ3) is 3.53. The number of hydrogen-bond acceptors (Lipinski definition) is 1. The van der Waals surface area contributed by atoms with Crippen molar-refractivity contribution < 1.29 is 5.11 Å². The van der Waals surface area contributed by atoms with Gasteiger partial charge in [-0.2, -0.15) is 0 Å². The van der Waals surface area contributed by atoms with Crippen molar-refractivity contribution in [2.75, 3.05) is 0 Å². The summed E-state index contributed by atoms with van der Waals surface area (Å²) in [6, 6.07) is 0. The Kier molecular flexibility index (Phi) is 3.71. The largest absolute Gasteiger partial charge is 0.393 e. The third-order valence-corrected chi connectivity index (χ3v) is 0.910. The lowest BCUT2D eigenvalue weighted by Gasteiger charge is -1.99. The van der Waals surface area contributed by atoms with E-state index in [-0.39, 0.29) is 6.10 Å². The van der Waals surface area contributed by atoms with E-state index >= 15 is 0 Å². The highest BCUT2D eigenvalue weighted by Gasteiger charge is 1.92. The van der Waals surface area contributed by atoms with Gasteiger partial charge in [0.2, 0.25) is 0 Å². The number of aliphatic hydroxyl groups is 1. The Balaban J connectivity index is 2.98. The lowest BCUT2D eigenvalue weighted by molar-refractivity contribution is 0.174. The molecule has 0 radical (unpaired) electrons. The Morgan fingerprint density at radius 1 is 1.86 bits per heavy atom. The second kappa shape index (κ2) is 3.88. The molecular formula is C6H12O. The fourth-order valence-electron chi connectivity index (χ4n) is 0.359. The molecular weight excluding hydrogens is 88.1 g/mol. The molecule has 0 saturated carbocycles. The normalized spacial score (nSPS) is 13.4. The summed E-state index contributed by atoms with van der Waals surface area (Å²) < 4.78 is 0. The Morgan fingerprint density at radius 3 is 2.57 bits per heavy atom. The Hall–Kier alpha value is -0.300. The summed E-state index contributed by atoms with van der Waals surface area (Å²) >= 11 is 0. The zero-order chi connectivity index (χ0) is 5.70. The fourth-order valence-corrected chi connectivity index (χ4v) is 0.359. The molecule has 42 valence electrons. The van der Waals surface area contributed by atoms with E-state index in [1.165, 1.54) is 0 Å². The molecule has 0 spiro atoms. The van der Waals surface area contributed by atoms with Gasteiger partial charge in [0, 0.05) is 0 Å². The summed E-state index contributed by atoms with van der Waals surface area (Å²) in [5.41, 5.74) is 0. The van der Waals surface area contributed by atoms with Gasteiger partial charge in [-0.25, -0.2) is 0 Å². The summed E-state index contributed by atoms with van der Waals surface area (Å²) in [5, 5.41) is 8.79. The minimum Gasteiger partial charge on any atom is -0.393 e. The van der Waals surface area contributed by atoms with Crippen LogP contribution in [0.3, 0.4) is 0 Å². The predicted octanol–water partition coefficient (Wildman–Crippen LogP) is 1.33. The maximum absolute atomic E-state index is 8.79. The van der Waals surface area contributed by atoms with Crippen LogP contribution in [0, 0.1) is 0 Å². The predicted molar refractivity (Wildman–Crippen MR) is 31.1 cm³/mol. The number of aliphatic hydroxyl groups excluding tert-OH is 1. The summed E-state index contributed by atoms with van der Waals surface area (Å²) in [6.45, 7) is 5.44. The summed E-state index contributed by atoms with van der Waals surface area (Å²) in [6.07, 6.45) is 3.11. The van der Waals surface area contributed by atoms with Crippen molar-refractivity contribution in [1.82, 2.24) is 0 Å². The molecule has 1 atom stereocenters. The quantitative estimate of drug-likeness (QED) is 0.530. The molecule has 0 aliphatic rings. The van der Waals surface area contributed by atoms with Crippen molar-refractivity contribution in [1.29, 1.82) is 0 Å². The molecule has 0 fully saturated rings. The zero-order valence-corrected chi connectivity index (χ0v) is 4.72. The van der Waals surface area contributed by atoms with Gasteiger partial charge in [-0.15, -0.1) is 6.58 Å². The van der Waals surface area contributed by atoms with Gasteiger partial charge >= 0.3 is 0 Å². The SMILES string of the molecule is C=CCC(O)CC. The van der Waals surface area contributed by atoms with Crippen LogP contribution in [0.25, 0.3) is 0 Å². The molecule has 0 bridgehead atoms. The van der Waals surface area contributed by atoms with Crippen LogP contribution < -0.4 is 0 Å². The van der Waals surface area contributed by atoms with Gasteiger partial charge in [0.15, 0.2) is 0 Å². The minimum absolute atomic E-state index is 0.169. The maximum Gasteiger partial charge on any atom is 0.0571 e.